The summed E-state index contributed by atoms with van der Waals surface area (Å²) in [5, 5.41) is 12.0. The zero-order chi connectivity index (χ0) is 20.5. The van der Waals surface area contributed by atoms with E-state index in [0.717, 1.165) is 11.3 Å². The molecule has 2 atom stereocenters. The maximum absolute atomic E-state index is 13.2. The number of carboxylic acids is 1. The van der Waals surface area contributed by atoms with Crippen LogP contribution >= 0.6 is 0 Å². The molecule has 0 fully saturated rings. The summed E-state index contributed by atoms with van der Waals surface area (Å²) < 4.78 is 23.9. The minimum atomic E-state index is -1.01. The molecule has 0 spiro atoms. The van der Waals surface area contributed by atoms with Gasteiger partial charge in [0.05, 0.1) is 12.5 Å². The van der Waals surface area contributed by atoms with Crippen LogP contribution in [-0.4, -0.2) is 36.2 Å². The van der Waals surface area contributed by atoms with Gasteiger partial charge in [-0.25, -0.2) is 4.39 Å². The van der Waals surface area contributed by atoms with Gasteiger partial charge in [-0.05, 0) is 50.1 Å². The minimum Gasteiger partial charge on any atom is -0.494 e. The molecule has 0 aliphatic carbocycles. The lowest BCUT2D eigenvalue weighted by Crippen LogP contribution is -2.41. The fraction of sp³-hybridized carbons (Fsp3) is 0.333. The fourth-order valence-electron chi connectivity index (χ4n) is 2.59. The van der Waals surface area contributed by atoms with E-state index in [4.69, 9.17) is 9.47 Å². The van der Waals surface area contributed by atoms with Crippen LogP contribution in [0.15, 0.2) is 48.5 Å². The molecular weight excluding hydrogens is 365 g/mol. The number of rotatable bonds is 10. The number of hydrogen-bond donors (Lipinski definition) is 2. The molecule has 28 heavy (non-hydrogen) atoms. The van der Waals surface area contributed by atoms with Crippen molar-refractivity contribution in [2.75, 3.05) is 13.2 Å². The first-order valence-corrected chi connectivity index (χ1v) is 9.03. The molecule has 0 bridgehead atoms. The Bertz CT molecular complexity index is 794. The van der Waals surface area contributed by atoms with E-state index in [-0.39, 0.29) is 18.7 Å². The predicted molar refractivity (Wildman–Crippen MR) is 102 cm³/mol. The molecule has 6 nitrogen and oxygen atoms in total. The molecule has 0 saturated carbocycles. The van der Waals surface area contributed by atoms with Crippen molar-refractivity contribution in [3.05, 3.63) is 59.9 Å². The van der Waals surface area contributed by atoms with Crippen LogP contribution in [0.3, 0.4) is 0 Å². The smallest absolute Gasteiger partial charge is 0.308 e. The standard InChI is InChI=1S/C21H24FNO5/c1-3-27-18-9-7-15(8-10-18)11-16(21(25)26)13-23-20(24)14(2)28-19-6-4-5-17(22)12-19/h4-10,12,14,16H,3,11,13H2,1-2H3,(H,23,24)(H,25,26). The summed E-state index contributed by atoms with van der Waals surface area (Å²) >= 11 is 0. The lowest BCUT2D eigenvalue weighted by molar-refractivity contribution is -0.141. The van der Waals surface area contributed by atoms with Crippen molar-refractivity contribution in [1.82, 2.24) is 5.32 Å². The monoisotopic (exact) mass is 389 g/mol. The van der Waals surface area contributed by atoms with Gasteiger partial charge in [0.15, 0.2) is 6.10 Å². The van der Waals surface area contributed by atoms with Gasteiger partial charge in [-0.2, -0.15) is 0 Å². The van der Waals surface area contributed by atoms with Gasteiger partial charge < -0.3 is 19.9 Å². The largest absolute Gasteiger partial charge is 0.494 e. The molecule has 2 N–H and O–H groups in total. The summed E-state index contributed by atoms with van der Waals surface area (Å²) in [6, 6.07) is 12.6. The first-order chi connectivity index (χ1) is 13.4. The maximum atomic E-state index is 13.2. The number of carbonyl (C=O) groups is 2. The Morgan fingerprint density at radius 2 is 1.86 bits per heavy atom. The molecule has 0 aliphatic rings. The van der Waals surface area contributed by atoms with Gasteiger partial charge in [0.2, 0.25) is 0 Å². The summed E-state index contributed by atoms with van der Waals surface area (Å²) in [4.78, 5) is 23.7. The Hall–Kier alpha value is -3.09. The van der Waals surface area contributed by atoms with Crippen molar-refractivity contribution in [1.29, 1.82) is 0 Å². The van der Waals surface area contributed by atoms with Crippen molar-refractivity contribution in [2.24, 2.45) is 5.92 Å². The number of carbonyl (C=O) groups excluding carboxylic acids is 1. The van der Waals surface area contributed by atoms with Crippen LogP contribution < -0.4 is 14.8 Å². The Morgan fingerprint density at radius 3 is 2.46 bits per heavy atom. The first-order valence-electron chi connectivity index (χ1n) is 9.03. The van der Waals surface area contributed by atoms with E-state index < -0.39 is 29.7 Å². The number of aliphatic carboxylic acids is 1. The average molecular weight is 389 g/mol. The minimum absolute atomic E-state index is 0.0434. The van der Waals surface area contributed by atoms with Crippen LogP contribution in [0.25, 0.3) is 0 Å². The zero-order valence-electron chi connectivity index (χ0n) is 15.9. The number of halogens is 1. The van der Waals surface area contributed by atoms with Gasteiger partial charge in [-0.3, -0.25) is 9.59 Å². The Labute approximate surface area is 163 Å². The summed E-state index contributed by atoms with van der Waals surface area (Å²) in [6.07, 6.45) is -0.622. The third-order valence-corrected chi connectivity index (χ3v) is 4.07. The number of amides is 1. The van der Waals surface area contributed by atoms with Gasteiger partial charge in [-0.15, -0.1) is 0 Å². The molecule has 2 aromatic carbocycles. The zero-order valence-corrected chi connectivity index (χ0v) is 15.9. The molecule has 2 rings (SSSR count). The summed E-state index contributed by atoms with van der Waals surface area (Å²) in [5.74, 6) is -1.79. The van der Waals surface area contributed by atoms with E-state index in [1.165, 1.54) is 25.1 Å². The second-order valence-corrected chi connectivity index (χ2v) is 6.28. The van der Waals surface area contributed by atoms with Gasteiger partial charge in [0, 0.05) is 12.6 Å². The molecule has 2 aromatic rings. The van der Waals surface area contributed by atoms with E-state index in [9.17, 15) is 19.1 Å². The topological polar surface area (TPSA) is 84.9 Å². The quantitative estimate of drug-likeness (QED) is 0.652. The molecule has 0 aliphatic heterocycles. The predicted octanol–water partition coefficient (Wildman–Crippen LogP) is 3.05. The van der Waals surface area contributed by atoms with Crippen molar-refractivity contribution in [3.63, 3.8) is 0 Å². The summed E-state index contributed by atoms with van der Waals surface area (Å²) in [6.45, 7) is 3.91. The van der Waals surface area contributed by atoms with Crippen LogP contribution in [0.1, 0.15) is 19.4 Å². The number of ether oxygens (including phenoxy) is 2. The van der Waals surface area contributed by atoms with Gasteiger partial charge >= 0.3 is 5.97 Å². The van der Waals surface area contributed by atoms with Crippen LogP contribution in [0.4, 0.5) is 4.39 Å². The van der Waals surface area contributed by atoms with Crippen LogP contribution in [0.5, 0.6) is 11.5 Å². The molecule has 150 valence electrons. The van der Waals surface area contributed by atoms with E-state index in [2.05, 4.69) is 5.32 Å². The van der Waals surface area contributed by atoms with E-state index in [1.54, 1.807) is 30.3 Å². The highest BCUT2D eigenvalue weighted by Crippen LogP contribution is 2.16. The van der Waals surface area contributed by atoms with Crippen molar-refractivity contribution in [3.8, 4) is 11.5 Å². The molecule has 0 saturated heterocycles. The van der Waals surface area contributed by atoms with E-state index >= 15 is 0 Å². The Balaban J connectivity index is 1.89. The summed E-state index contributed by atoms with van der Waals surface area (Å²) in [7, 11) is 0. The molecule has 0 heterocycles. The van der Waals surface area contributed by atoms with Gasteiger partial charge in [-0.1, -0.05) is 18.2 Å². The number of benzene rings is 2. The van der Waals surface area contributed by atoms with E-state index in [0.29, 0.717) is 6.61 Å². The second-order valence-electron chi connectivity index (χ2n) is 6.28. The number of hydrogen-bond acceptors (Lipinski definition) is 4. The first kappa shape index (κ1) is 21.2. The van der Waals surface area contributed by atoms with Crippen LogP contribution in [0.2, 0.25) is 0 Å². The van der Waals surface area contributed by atoms with Crippen LogP contribution in [0, 0.1) is 11.7 Å². The maximum Gasteiger partial charge on any atom is 0.308 e. The Kier molecular flexibility index (Phi) is 7.80. The SMILES string of the molecule is CCOc1ccc(CC(CNC(=O)C(C)Oc2cccc(F)c2)C(=O)O)cc1. The van der Waals surface area contributed by atoms with Gasteiger partial charge in [0.1, 0.15) is 17.3 Å². The lowest BCUT2D eigenvalue weighted by atomic mass is 9.99. The second kappa shape index (κ2) is 10.3. The van der Waals surface area contributed by atoms with Gasteiger partial charge in [0.25, 0.3) is 5.91 Å². The normalized spacial score (nSPS) is 12.7. The van der Waals surface area contributed by atoms with Crippen molar-refractivity contribution >= 4 is 11.9 Å². The highest BCUT2D eigenvalue weighted by molar-refractivity contribution is 5.81. The van der Waals surface area contributed by atoms with E-state index in [1.807, 2.05) is 6.92 Å². The number of carboxylic acid groups (broad SMARTS) is 1. The third-order valence-electron chi connectivity index (χ3n) is 4.07. The molecular formula is C21H24FNO5. The lowest BCUT2D eigenvalue weighted by Gasteiger charge is -2.17. The molecule has 2 unspecified atom stereocenters. The third kappa shape index (κ3) is 6.57. The molecule has 1 amide bonds. The van der Waals surface area contributed by atoms with Crippen molar-refractivity contribution in [2.45, 2.75) is 26.4 Å². The Morgan fingerprint density at radius 1 is 1.14 bits per heavy atom. The molecule has 0 radical (unpaired) electrons. The van der Waals surface area contributed by atoms with Crippen LogP contribution in [-0.2, 0) is 16.0 Å². The van der Waals surface area contributed by atoms with Crippen molar-refractivity contribution < 1.29 is 28.6 Å². The fourth-order valence-corrected chi connectivity index (χ4v) is 2.59. The molecule has 7 heteroatoms. The average Bonchev–Trinajstić information content (AvgIpc) is 2.66. The molecule has 0 aromatic heterocycles. The number of nitrogens with one attached hydrogen (secondary N) is 1. The summed E-state index contributed by atoms with van der Waals surface area (Å²) in [5.41, 5.74) is 0.828. The highest BCUT2D eigenvalue weighted by atomic mass is 19.1. The highest BCUT2D eigenvalue weighted by Gasteiger charge is 2.21.